The summed E-state index contributed by atoms with van der Waals surface area (Å²) in [5.41, 5.74) is 1.67. The number of sulfonamides is 1. The minimum Gasteiger partial charge on any atom is -0.465 e. The molecule has 0 spiro atoms. The van der Waals surface area contributed by atoms with Gasteiger partial charge in [-0.05, 0) is 54.2 Å². The Labute approximate surface area is 233 Å². The number of anilines is 1. The second-order valence-corrected chi connectivity index (χ2v) is 11.5. The van der Waals surface area contributed by atoms with Crippen LogP contribution in [0.25, 0.3) is 0 Å². The number of esters is 1. The van der Waals surface area contributed by atoms with Crippen LogP contribution in [0.3, 0.4) is 0 Å². The van der Waals surface area contributed by atoms with Crippen molar-refractivity contribution in [2.75, 3.05) is 25.1 Å². The largest absolute Gasteiger partial charge is 0.465 e. The minimum atomic E-state index is -4.00. The number of rotatable bonds is 15. The van der Waals surface area contributed by atoms with Crippen LogP contribution in [0, 0.1) is 0 Å². The molecule has 0 aliphatic rings. The molecule has 0 atom stereocenters. The van der Waals surface area contributed by atoms with Gasteiger partial charge in [-0.25, -0.2) is 18.4 Å². The van der Waals surface area contributed by atoms with Crippen LogP contribution >= 0.6 is 0 Å². The van der Waals surface area contributed by atoms with Gasteiger partial charge in [0.1, 0.15) is 12.4 Å². The van der Waals surface area contributed by atoms with E-state index in [1.807, 2.05) is 38.1 Å². The molecular formula is C28H34F2N4O5S. The fourth-order valence-corrected chi connectivity index (χ4v) is 5.22. The molecule has 0 bridgehead atoms. The Bertz CT molecular complexity index is 1340. The minimum absolute atomic E-state index is 0.0380. The Hall–Kier alpha value is -3.48. The predicted octanol–water partition coefficient (Wildman–Crippen LogP) is 4.75. The number of carbonyl (C=O) groups excluding carboxylic acids is 1. The normalized spacial score (nSPS) is 12.1. The SMILES string of the molecule is CCOC(=O)CNc1cccc(CN(Cc2ccc(C(C)(C)CCOC(F)F)cc2)S(=O)(=O)c2ccccn2)n1. The van der Waals surface area contributed by atoms with E-state index >= 15 is 0 Å². The first kappa shape index (κ1) is 31.1. The summed E-state index contributed by atoms with van der Waals surface area (Å²) in [6.07, 6.45) is 1.81. The average Bonchev–Trinajstić information content (AvgIpc) is 2.92. The predicted molar refractivity (Wildman–Crippen MR) is 146 cm³/mol. The van der Waals surface area contributed by atoms with E-state index in [1.54, 1.807) is 37.3 Å². The quantitative estimate of drug-likeness (QED) is 0.258. The molecule has 0 unspecified atom stereocenters. The Balaban J connectivity index is 1.82. The number of ether oxygens (including phenoxy) is 2. The number of hydrogen-bond acceptors (Lipinski definition) is 8. The van der Waals surface area contributed by atoms with Crippen molar-refractivity contribution < 1.29 is 31.5 Å². The average molecular weight is 577 g/mol. The number of carbonyl (C=O) groups is 1. The summed E-state index contributed by atoms with van der Waals surface area (Å²) < 4.78 is 62.6. The fourth-order valence-electron chi connectivity index (χ4n) is 3.89. The molecule has 1 aromatic carbocycles. The van der Waals surface area contributed by atoms with Gasteiger partial charge in [-0.2, -0.15) is 13.1 Å². The highest BCUT2D eigenvalue weighted by molar-refractivity contribution is 7.89. The highest BCUT2D eigenvalue weighted by atomic mass is 32.2. The van der Waals surface area contributed by atoms with Gasteiger partial charge < -0.3 is 14.8 Å². The molecule has 12 heteroatoms. The van der Waals surface area contributed by atoms with Crippen LogP contribution in [-0.2, 0) is 42.8 Å². The van der Waals surface area contributed by atoms with Crippen LogP contribution in [0.4, 0.5) is 14.6 Å². The lowest BCUT2D eigenvalue weighted by atomic mass is 9.81. The molecule has 3 rings (SSSR count). The van der Waals surface area contributed by atoms with Crippen molar-refractivity contribution in [2.24, 2.45) is 0 Å². The number of aromatic nitrogens is 2. The van der Waals surface area contributed by atoms with Crippen LogP contribution in [0.2, 0.25) is 0 Å². The van der Waals surface area contributed by atoms with Crippen LogP contribution < -0.4 is 5.32 Å². The summed E-state index contributed by atoms with van der Waals surface area (Å²) in [6.45, 7) is 2.87. The molecule has 0 saturated carbocycles. The third kappa shape index (κ3) is 9.04. The lowest BCUT2D eigenvalue weighted by Gasteiger charge is -2.26. The number of pyridine rings is 2. The first-order valence-electron chi connectivity index (χ1n) is 12.8. The van der Waals surface area contributed by atoms with Crippen molar-refractivity contribution in [1.82, 2.24) is 14.3 Å². The van der Waals surface area contributed by atoms with Gasteiger partial charge >= 0.3 is 12.6 Å². The number of nitrogens with zero attached hydrogens (tertiary/aromatic N) is 3. The number of hydrogen-bond donors (Lipinski definition) is 1. The summed E-state index contributed by atoms with van der Waals surface area (Å²) >= 11 is 0. The zero-order chi connectivity index (χ0) is 29.2. The van der Waals surface area contributed by atoms with Gasteiger partial charge in [-0.15, -0.1) is 0 Å². The Morgan fingerprint density at radius 3 is 2.45 bits per heavy atom. The standard InChI is InChI=1S/C28H34F2N4O5S/c1-4-38-26(35)18-32-24-9-7-8-23(33-24)20-34(40(36,37)25-10-5-6-16-31-25)19-21-11-13-22(14-12-21)28(2,3)15-17-39-27(29)30/h5-14,16,27H,4,15,17-20H2,1-3H3,(H,32,33). The van der Waals surface area contributed by atoms with Crippen molar-refractivity contribution >= 4 is 21.8 Å². The second-order valence-electron chi connectivity index (χ2n) is 9.58. The van der Waals surface area contributed by atoms with E-state index in [-0.39, 0.29) is 37.9 Å². The lowest BCUT2D eigenvalue weighted by Crippen LogP contribution is -2.31. The maximum Gasteiger partial charge on any atom is 0.345 e. The molecule has 0 amide bonds. The first-order valence-corrected chi connectivity index (χ1v) is 14.2. The Morgan fingerprint density at radius 1 is 1.05 bits per heavy atom. The molecule has 0 saturated heterocycles. The third-order valence-corrected chi connectivity index (χ3v) is 7.88. The van der Waals surface area contributed by atoms with E-state index in [1.165, 1.54) is 16.6 Å². The zero-order valence-corrected chi connectivity index (χ0v) is 23.5. The molecule has 2 heterocycles. The highest BCUT2D eigenvalue weighted by Gasteiger charge is 2.27. The molecule has 0 aliphatic carbocycles. The molecule has 0 radical (unpaired) electrons. The van der Waals surface area contributed by atoms with Crippen LogP contribution in [-0.4, -0.2) is 55.0 Å². The van der Waals surface area contributed by atoms with Gasteiger partial charge in [-0.1, -0.05) is 50.2 Å². The van der Waals surface area contributed by atoms with Gasteiger partial charge in [0.15, 0.2) is 5.03 Å². The summed E-state index contributed by atoms with van der Waals surface area (Å²) in [4.78, 5) is 20.2. The number of nitrogens with one attached hydrogen (secondary N) is 1. The van der Waals surface area contributed by atoms with Crippen molar-refractivity contribution in [3.05, 3.63) is 83.7 Å². The number of alkyl halides is 2. The third-order valence-electron chi connectivity index (χ3n) is 6.17. The van der Waals surface area contributed by atoms with Crippen molar-refractivity contribution in [3.8, 4) is 0 Å². The van der Waals surface area contributed by atoms with Crippen molar-refractivity contribution in [2.45, 2.75) is 57.3 Å². The smallest absolute Gasteiger partial charge is 0.345 e. The van der Waals surface area contributed by atoms with Crippen LogP contribution in [0.15, 0.2) is 71.9 Å². The topological polar surface area (TPSA) is 111 Å². The zero-order valence-electron chi connectivity index (χ0n) is 22.7. The van der Waals surface area contributed by atoms with Crippen LogP contribution in [0.5, 0.6) is 0 Å². The maximum atomic E-state index is 13.6. The van der Waals surface area contributed by atoms with E-state index in [4.69, 9.17) is 4.74 Å². The van der Waals surface area contributed by atoms with Gasteiger partial charge in [-0.3, -0.25) is 4.79 Å². The Kier molecular flexibility index (Phi) is 11.1. The highest BCUT2D eigenvalue weighted by Crippen LogP contribution is 2.28. The van der Waals surface area contributed by atoms with Crippen molar-refractivity contribution in [1.29, 1.82) is 0 Å². The Morgan fingerprint density at radius 2 is 1.80 bits per heavy atom. The van der Waals surface area contributed by atoms with E-state index < -0.39 is 28.0 Å². The second kappa shape index (κ2) is 14.2. The molecule has 2 aromatic heterocycles. The molecule has 40 heavy (non-hydrogen) atoms. The molecule has 0 fully saturated rings. The summed E-state index contributed by atoms with van der Waals surface area (Å²) in [5.74, 6) is -0.0228. The number of halogens is 2. The van der Waals surface area contributed by atoms with E-state index in [0.29, 0.717) is 17.9 Å². The number of benzene rings is 1. The van der Waals surface area contributed by atoms with Gasteiger partial charge in [0.25, 0.3) is 10.0 Å². The molecule has 216 valence electrons. The summed E-state index contributed by atoms with van der Waals surface area (Å²) in [5, 5.41) is 2.79. The summed E-state index contributed by atoms with van der Waals surface area (Å²) in [7, 11) is -4.00. The fraction of sp³-hybridized carbons (Fsp3) is 0.393. The molecule has 0 aliphatic heterocycles. The van der Waals surface area contributed by atoms with E-state index in [2.05, 4.69) is 20.0 Å². The summed E-state index contributed by atoms with van der Waals surface area (Å²) in [6, 6.07) is 17.1. The lowest BCUT2D eigenvalue weighted by molar-refractivity contribution is -0.141. The van der Waals surface area contributed by atoms with E-state index in [0.717, 1.165) is 11.1 Å². The molecular weight excluding hydrogens is 542 g/mol. The van der Waals surface area contributed by atoms with Gasteiger partial charge in [0.2, 0.25) is 0 Å². The molecule has 1 N–H and O–H groups in total. The van der Waals surface area contributed by atoms with E-state index in [9.17, 15) is 22.0 Å². The monoisotopic (exact) mass is 576 g/mol. The first-order chi connectivity index (χ1) is 19.0. The van der Waals surface area contributed by atoms with Gasteiger partial charge in [0, 0.05) is 12.7 Å². The van der Waals surface area contributed by atoms with Crippen LogP contribution in [0.1, 0.15) is 44.0 Å². The van der Waals surface area contributed by atoms with Gasteiger partial charge in [0.05, 0.1) is 25.5 Å². The molecule has 3 aromatic rings. The molecule has 9 nitrogen and oxygen atoms in total. The van der Waals surface area contributed by atoms with Crippen molar-refractivity contribution in [3.63, 3.8) is 0 Å². The maximum absolute atomic E-state index is 13.6.